The van der Waals surface area contributed by atoms with Crippen LogP contribution >= 0.6 is 0 Å². The van der Waals surface area contributed by atoms with Crippen LogP contribution in [0.25, 0.3) is 10.9 Å². The van der Waals surface area contributed by atoms with Gasteiger partial charge in [-0.1, -0.05) is 0 Å². The molecule has 0 spiro atoms. The highest BCUT2D eigenvalue weighted by Gasteiger charge is 2.10. The quantitative estimate of drug-likeness (QED) is 0.891. The maximum Gasteiger partial charge on any atom is 0.335 e. The zero-order chi connectivity index (χ0) is 13.3. The number of aromatic carboxylic acids is 1. The number of aromatic nitrogens is 2. The van der Waals surface area contributed by atoms with Crippen LogP contribution in [0, 0.1) is 6.92 Å². The predicted molar refractivity (Wildman–Crippen MR) is 70.0 cm³/mol. The second-order valence-corrected chi connectivity index (χ2v) is 4.70. The lowest BCUT2D eigenvalue weighted by Gasteiger charge is -2.10. The number of likely N-dealkylation sites (N-methyl/N-ethyl adjacent to an activating group) is 1. The number of aryl methyl sites for hydroxylation is 1. The molecule has 0 fully saturated rings. The molecular formula is C13H17N3O2. The number of carboxylic acid groups (broad SMARTS) is 1. The van der Waals surface area contributed by atoms with Crippen LogP contribution in [0.4, 0.5) is 0 Å². The molecular weight excluding hydrogens is 230 g/mol. The molecule has 0 radical (unpaired) electrons. The summed E-state index contributed by atoms with van der Waals surface area (Å²) in [7, 11) is 4.00. The highest BCUT2D eigenvalue weighted by atomic mass is 16.4. The Morgan fingerprint density at radius 2 is 2.17 bits per heavy atom. The molecule has 5 nitrogen and oxygen atoms in total. The molecule has 2 rings (SSSR count). The van der Waals surface area contributed by atoms with Gasteiger partial charge in [0.1, 0.15) is 0 Å². The van der Waals surface area contributed by atoms with Gasteiger partial charge in [-0.25, -0.2) is 4.79 Å². The highest BCUT2D eigenvalue weighted by Crippen LogP contribution is 2.20. The summed E-state index contributed by atoms with van der Waals surface area (Å²) in [5, 5.41) is 14.4. The van der Waals surface area contributed by atoms with E-state index < -0.39 is 5.97 Å². The lowest BCUT2D eigenvalue weighted by molar-refractivity contribution is 0.0697. The van der Waals surface area contributed by atoms with Gasteiger partial charge in [-0.3, -0.25) is 4.68 Å². The van der Waals surface area contributed by atoms with Crippen LogP contribution in [0.15, 0.2) is 18.3 Å². The van der Waals surface area contributed by atoms with Crippen LogP contribution in [0.2, 0.25) is 0 Å². The van der Waals surface area contributed by atoms with Crippen LogP contribution in [0.1, 0.15) is 15.9 Å². The summed E-state index contributed by atoms with van der Waals surface area (Å²) in [5.41, 5.74) is 2.14. The molecule has 1 aromatic carbocycles. The van der Waals surface area contributed by atoms with Crippen LogP contribution in [0.5, 0.6) is 0 Å². The van der Waals surface area contributed by atoms with Gasteiger partial charge in [0.25, 0.3) is 0 Å². The van der Waals surface area contributed by atoms with E-state index in [4.69, 9.17) is 5.11 Å². The van der Waals surface area contributed by atoms with Crippen molar-refractivity contribution < 1.29 is 9.90 Å². The Kier molecular flexibility index (Phi) is 3.34. The first-order valence-electron chi connectivity index (χ1n) is 5.83. The molecule has 0 amide bonds. The Morgan fingerprint density at radius 3 is 2.78 bits per heavy atom. The number of fused-ring (bicyclic) bond motifs is 1. The molecule has 96 valence electrons. The molecule has 0 saturated heterocycles. The van der Waals surface area contributed by atoms with Crippen molar-refractivity contribution in [2.75, 3.05) is 20.6 Å². The number of nitrogens with zero attached hydrogens (tertiary/aromatic N) is 3. The van der Waals surface area contributed by atoms with Crippen molar-refractivity contribution in [2.45, 2.75) is 13.5 Å². The Bertz CT molecular complexity index is 587. The average Bonchev–Trinajstić information content (AvgIpc) is 2.69. The number of carbonyl (C=O) groups is 1. The smallest absolute Gasteiger partial charge is 0.335 e. The Balaban J connectivity index is 2.46. The summed E-state index contributed by atoms with van der Waals surface area (Å²) in [5.74, 6) is -0.902. The zero-order valence-corrected chi connectivity index (χ0v) is 10.8. The monoisotopic (exact) mass is 247 g/mol. The third kappa shape index (κ3) is 2.36. The Hall–Kier alpha value is -1.88. The first-order chi connectivity index (χ1) is 8.49. The van der Waals surface area contributed by atoms with Crippen LogP contribution < -0.4 is 0 Å². The summed E-state index contributed by atoms with van der Waals surface area (Å²) in [6, 6.07) is 3.37. The largest absolute Gasteiger partial charge is 0.478 e. The second kappa shape index (κ2) is 4.78. The predicted octanol–water partition coefficient (Wildman–Crippen LogP) is 1.60. The SMILES string of the molecule is Cc1cc(C(=O)O)cc2c1cnn2CCN(C)C. The minimum atomic E-state index is -0.902. The van der Waals surface area contributed by atoms with Crippen molar-refractivity contribution in [3.05, 3.63) is 29.5 Å². The minimum absolute atomic E-state index is 0.312. The van der Waals surface area contributed by atoms with Crippen molar-refractivity contribution in [3.63, 3.8) is 0 Å². The van der Waals surface area contributed by atoms with Crippen molar-refractivity contribution in [1.82, 2.24) is 14.7 Å². The van der Waals surface area contributed by atoms with Gasteiger partial charge >= 0.3 is 5.97 Å². The zero-order valence-electron chi connectivity index (χ0n) is 10.8. The van der Waals surface area contributed by atoms with Crippen molar-refractivity contribution >= 4 is 16.9 Å². The molecule has 18 heavy (non-hydrogen) atoms. The van der Waals surface area contributed by atoms with Crippen LogP contribution in [0.3, 0.4) is 0 Å². The van der Waals surface area contributed by atoms with Crippen molar-refractivity contribution in [1.29, 1.82) is 0 Å². The molecule has 0 bridgehead atoms. The van der Waals surface area contributed by atoms with Crippen LogP contribution in [-0.4, -0.2) is 46.4 Å². The van der Waals surface area contributed by atoms with E-state index in [9.17, 15) is 4.79 Å². The summed E-state index contributed by atoms with van der Waals surface area (Å²) in [6.45, 7) is 3.53. The minimum Gasteiger partial charge on any atom is -0.478 e. The first kappa shape index (κ1) is 12.6. The number of benzene rings is 1. The molecule has 1 aromatic heterocycles. The molecule has 0 aliphatic rings. The fraction of sp³-hybridized carbons (Fsp3) is 0.385. The van der Waals surface area contributed by atoms with E-state index in [0.29, 0.717) is 5.56 Å². The number of hydrogen-bond acceptors (Lipinski definition) is 3. The molecule has 0 aliphatic carbocycles. The highest BCUT2D eigenvalue weighted by molar-refractivity contribution is 5.94. The van der Waals surface area contributed by atoms with E-state index in [1.807, 2.05) is 25.7 Å². The molecule has 0 saturated carbocycles. The molecule has 0 unspecified atom stereocenters. The third-order valence-electron chi connectivity index (χ3n) is 2.98. The van der Waals surface area contributed by atoms with Crippen LogP contribution in [-0.2, 0) is 6.54 Å². The summed E-state index contributed by atoms with van der Waals surface area (Å²) >= 11 is 0. The molecule has 0 atom stereocenters. The fourth-order valence-electron chi connectivity index (χ4n) is 1.95. The van der Waals surface area contributed by atoms with Gasteiger partial charge in [-0.2, -0.15) is 5.10 Å². The topological polar surface area (TPSA) is 58.4 Å². The maximum absolute atomic E-state index is 11.1. The lowest BCUT2D eigenvalue weighted by atomic mass is 10.1. The van der Waals surface area contributed by atoms with E-state index >= 15 is 0 Å². The van der Waals surface area contributed by atoms with E-state index in [1.165, 1.54) is 0 Å². The van der Waals surface area contributed by atoms with E-state index in [-0.39, 0.29) is 0 Å². The van der Waals surface area contributed by atoms with E-state index in [2.05, 4.69) is 10.00 Å². The number of carboxylic acids is 1. The normalized spacial score (nSPS) is 11.3. The Labute approximate surface area is 106 Å². The van der Waals surface area contributed by atoms with Crippen molar-refractivity contribution in [2.24, 2.45) is 0 Å². The third-order valence-corrected chi connectivity index (χ3v) is 2.98. The van der Waals surface area contributed by atoms with Gasteiger partial charge in [-0.05, 0) is 38.7 Å². The van der Waals surface area contributed by atoms with Gasteiger partial charge in [-0.15, -0.1) is 0 Å². The Morgan fingerprint density at radius 1 is 1.44 bits per heavy atom. The molecule has 1 heterocycles. The second-order valence-electron chi connectivity index (χ2n) is 4.70. The van der Waals surface area contributed by atoms with Gasteiger partial charge in [0.05, 0.1) is 23.8 Å². The first-order valence-corrected chi connectivity index (χ1v) is 5.83. The average molecular weight is 247 g/mol. The molecule has 5 heteroatoms. The van der Waals surface area contributed by atoms with Gasteiger partial charge in [0.15, 0.2) is 0 Å². The summed E-state index contributed by atoms with van der Waals surface area (Å²) < 4.78 is 1.86. The van der Waals surface area contributed by atoms with Gasteiger partial charge in [0.2, 0.25) is 0 Å². The van der Waals surface area contributed by atoms with Gasteiger partial charge in [0, 0.05) is 11.9 Å². The van der Waals surface area contributed by atoms with E-state index in [0.717, 1.165) is 29.6 Å². The summed E-state index contributed by atoms with van der Waals surface area (Å²) in [6.07, 6.45) is 1.80. The molecule has 1 N–H and O–H groups in total. The van der Waals surface area contributed by atoms with Crippen molar-refractivity contribution in [3.8, 4) is 0 Å². The molecule has 2 aromatic rings. The van der Waals surface area contributed by atoms with E-state index in [1.54, 1.807) is 18.3 Å². The fourth-order valence-corrected chi connectivity index (χ4v) is 1.95. The number of hydrogen-bond donors (Lipinski definition) is 1. The summed E-state index contributed by atoms with van der Waals surface area (Å²) in [4.78, 5) is 13.1. The standard InChI is InChI=1S/C13H17N3O2/c1-9-6-10(13(17)18)7-12-11(9)8-14-16(12)5-4-15(2)3/h6-8H,4-5H2,1-3H3,(H,17,18). The molecule has 0 aliphatic heterocycles. The lowest BCUT2D eigenvalue weighted by Crippen LogP contribution is -2.19. The maximum atomic E-state index is 11.1. The number of rotatable bonds is 4. The van der Waals surface area contributed by atoms with Gasteiger partial charge < -0.3 is 10.0 Å².